The van der Waals surface area contributed by atoms with Gasteiger partial charge in [-0.25, -0.2) is 25.3 Å². The Morgan fingerprint density at radius 2 is 1.18 bits per heavy atom. The number of benzene rings is 2. The summed E-state index contributed by atoms with van der Waals surface area (Å²) in [6.45, 7) is 0. The zero-order chi connectivity index (χ0) is 19.2. The van der Waals surface area contributed by atoms with Gasteiger partial charge in [-0.1, -0.05) is 0 Å². The maximum absolute atomic E-state index is 11.4. The maximum Gasteiger partial charge on any atom is 1.00 e. The third-order valence-corrected chi connectivity index (χ3v) is 5.53. The molecule has 0 fully saturated rings. The van der Waals surface area contributed by atoms with Crippen LogP contribution in [0.5, 0.6) is 0 Å². The summed E-state index contributed by atoms with van der Waals surface area (Å²) in [5.74, 6) is 0. The molecule has 0 saturated heterocycles. The molecule has 2 aromatic carbocycles. The summed E-state index contributed by atoms with van der Waals surface area (Å²) in [7, 11) is -15.6. The first kappa shape index (κ1) is 31.4. The summed E-state index contributed by atoms with van der Waals surface area (Å²) >= 11 is 4.34. The van der Waals surface area contributed by atoms with Crippen molar-refractivity contribution in [3.8, 4) is 0 Å². The van der Waals surface area contributed by atoms with Crippen LogP contribution in [0.3, 0.4) is 0 Å². The Bertz CT molecular complexity index is 1260. The average Bonchev–Trinajstić information content (AvgIpc) is 2.43. The van der Waals surface area contributed by atoms with Crippen molar-refractivity contribution in [3.05, 3.63) is 24.3 Å². The fraction of sp³-hybridized carbons (Fsp3) is 0. The zero-order valence-corrected chi connectivity index (χ0v) is 23.8. The predicted molar refractivity (Wildman–Crippen MR) is 82.5 cm³/mol. The minimum absolute atomic E-state index is 0. The molecule has 0 spiro atoms. The van der Waals surface area contributed by atoms with Gasteiger partial charge in [0.1, 0.15) is 30.4 Å². The van der Waals surface area contributed by atoms with Gasteiger partial charge in [-0.05, 0) is 41.9 Å². The van der Waals surface area contributed by atoms with E-state index in [1.54, 1.807) is 0 Å². The Kier molecular flexibility index (Phi) is 12.6. The van der Waals surface area contributed by atoms with Crippen molar-refractivity contribution >= 4 is 64.2 Å². The largest absolute Gasteiger partial charge is 1.00 e. The van der Waals surface area contributed by atoms with Crippen LogP contribution < -0.4 is 88.7 Å². The van der Waals surface area contributed by atoms with E-state index in [-0.39, 0.29) is 88.7 Å². The molecule has 0 bridgehead atoms. The first-order valence-electron chi connectivity index (χ1n) is 5.82. The van der Waals surface area contributed by atoms with Gasteiger partial charge in [0.05, 0.1) is 25.5 Å². The number of aliphatic imine (C=N–C) groups is 1. The Hall–Kier alpha value is 1.23. The minimum Gasteiger partial charge on any atom is -0.744 e. The molecule has 0 unspecified atom stereocenters. The third-order valence-electron chi connectivity index (χ3n) is 2.95. The van der Waals surface area contributed by atoms with Crippen LogP contribution in [0.15, 0.2) is 43.9 Å². The van der Waals surface area contributed by atoms with Crippen LogP contribution >= 0.6 is 12.2 Å². The smallest absolute Gasteiger partial charge is 0.744 e. The van der Waals surface area contributed by atoms with Gasteiger partial charge in [0.2, 0.25) is 0 Å². The van der Waals surface area contributed by atoms with Gasteiger partial charge in [-0.15, -0.1) is 0 Å². The zero-order valence-electron chi connectivity index (χ0n) is 14.6. The van der Waals surface area contributed by atoms with Gasteiger partial charge in [0.25, 0.3) is 0 Å². The van der Waals surface area contributed by atoms with Gasteiger partial charge < -0.3 is 13.7 Å². The summed E-state index contributed by atoms with van der Waals surface area (Å²) < 4.78 is 101. The van der Waals surface area contributed by atoms with Gasteiger partial charge in [0, 0.05) is 5.39 Å². The molecule has 0 aliphatic rings. The molecule has 2 rings (SSSR count). The second-order valence-electron chi connectivity index (χ2n) is 4.53. The fourth-order valence-corrected chi connectivity index (χ4v) is 4.00. The van der Waals surface area contributed by atoms with E-state index in [0.29, 0.717) is 24.3 Å². The van der Waals surface area contributed by atoms with E-state index in [1.165, 1.54) is 0 Å². The number of rotatable bonds is 4. The van der Waals surface area contributed by atoms with Crippen molar-refractivity contribution < 1.29 is 128 Å². The monoisotopic (exact) mass is 491 g/mol. The van der Waals surface area contributed by atoms with Crippen LogP contribution in [0.25, 0.3) is 10.8 Å². The number of isothiocyanates is 1. The van der Waals surface area contributed by atoms with Crippen LogP contribution in [0.4, 0.5) is 5.69 Å². The summed E-state index contributed by atoms with van der Waals surface area (Å²) in [5.41, 5.74) is -0.522. The first-order chi connectivity index (χ1) is 11.2. The molecule has 0 heterocycles. The maximum atomic E-state index is 11.4. The molecule has 10 nitrogen and oxygen atoms in total. The van der Waals surface area contributed by atoms with Gasteiger partial charge in [0.15, 0.2) is 0 Å². The van der Waals surface area contributed by atoms with E-state index in [9.17, 15) is 38.9 Å². The van der Waals surface area contributed by atoms with Crippen LogP contribution in [0, 0.1) is 0 Å². The fourth-order valence-electron chi connectivity index (χ4n) is 2.02. The topological polar surface area (TPSA) is 184 Å². The number of nitrogens with zero attached hydrogens (tertiary/aromatic N) is 1. The van der Waals surface area contributed by atoms with Gasteiger partial charge >= 0.3 is 88.7 Å². The molecule has 28 heavy (non-hydrogen) atoms. The molecule has 0 atom stereocenters. The molecule has 0 radical (unpaired) electrons. The molecular formula is C11H4NNa3O9S4. The van der Waals surface area contributed by atoms with Crippen molar-refractivity contribution in [1.82, 2.24) is 0 Å². The van der Waals surface area contributed by atoms with Crippen molar-refractivity contribution in [1.29, 1.82) is 0 Å². The van der Waals surface area contributed by atoms with Gasteiger partial charge in [-0.2, -0.15) is 4.99 Å². The molecule has 134 valence electrons. The van der Waals surface area contributed by atoms with E-state index in [0.717, 1.165) is 0 Å². The van der Waals surface area contributed by atoms with Crippen LogP contribution in [0.1, 0.15) is 0 Å². The van der Waals surface area contributed by atoms with Crippen LogP contribution in [-0.2, 0) is 30.4 Å². The standard InChI is InChI=1S/C11H7NO9S4.3Na/c13-23(14,15)7-1-6-2-8(24(16,17)18)4-10(25(19,20)21)11(6)9(3-7)12-5-22;;;/h1-4H,(H,13,14,15)(H,16,17,18)(H,19,20,21);;;/q;3*+1/p-3. The van der Waals surface area contributed by atoms with Crippen molar-refractivity contribution in [3.63, 3.8) is 0 Å². The third kappa shape index (κ3) is 7.43. The average molecular weight is 491 g/mol. The van der Waals surface area contributed by atoms with Gasteiger partial charge in [-0.3, -0.25) is 0 Å². The minimum atomic E-state index is -5.30. The molecule has 0 aromatic heterocycles. The molecule has 0 N–H and O–H groups in total. The molecule has 0 aliphatic carbocycles. The second kappa shape index (κ2) is 11.2. The molecular weight excluding hydrogens is 487 g/mol. The summed E-state index contributed by atoms with van der Waals surface area (Å²) in [5, 5.41) is 0.812. The molecule has 0 amide bonds. The second-order valence-corrected chi connectivity index (χ2v) is 8.82. The summed E-state index contributed by atoms with van der Waals surface area (Å²) in [6, 6.07) is 2.19. The van der Waals surface area contributed by atoms with E-state index in [1.807, 2.05) is 5.16 Å². The summed E-state index contributed by atoms with van der Waals surface area (Å²) in [4.78, 5) is 0.257. The number of thiocarbonyl (C=S) groups is 1. The number of fused-ring (bicyclic) bond motifs is 1. The molecule has 2 aromatic rings. The Balaban J connectivity index is 0. The molecule has 0 aliphatic heterocycles. The van der Waals surface area contributed by atoms with E-state index < -0.39 is 61.5 Å². The summed E-state index contributed by atoms with van der Waals surface area (Å²) in [6.07, 6.45) is 0. The van der Waals surface area contributed by atoms with Crippen LogP contribution in [0.2, 0.25) is 0 Å². The van der Waals surface area contributed by atoms with Crippen molar-refractivity contribution in [2.45, 2.75) is 14.7 Å². The van der Waals surface area contributed by atoms with Crippen molar-refractivity contribution in [2.75, 3.05) is 0 Å². The number of hydrogen-bond donors (Lipinski definition) is 0. The Morgan fingerprint density at radius 1 is 0.750 bits per heavy atom. The van der Waals surface area contributed by atoms with E-state index in [4.69, 9.17) is 0 Å². The normalized spacial score (nSPS) is 11.4. The SMILES string of the molecule is O=S(=O)([O-])c1cc(N=C=S)c2c(S(=O)(=O)[O-])cc(S(=O)(=O)[O-])cc2c1.[Na+].[Na+].[Na+]. The number of hydrogen-bond acceptors (Lipinski definition) is 11. The Labute approximate surface area is 232 Å². The Morgan fingerprint density at radius 3 is 1.54 bits per heavy atom. The predicted octanol–water partition coefficient (Wildman–Crippen LogP) is -8.70. The first-order valence-corrected chi connectivity index (χ1v) is 10.5. The van der Waals surface area contributed by atoms with Crippen molar-refractivity contribution in [2.24, 2.45) is 4.99 Å². The van der Waals surface area contributed by atoms with E-state index >= 15 is 0 Å². The quantitative estimate of drug-likeness (QED) is 0.172. The molecule has 17 heteroatoms. The molecule has 0 saturated carbocycles. The van der Waals surface area contributed by atoms with Crippen LogP contribution in [-0.4, -0.2) is 44.1 Å². The van der Waals surface area contributed by atoms with E-state index in [2.05, 4.69) is 17.2 Å².